The monoisotopic (exact) mass is 301 g/mol. The molecule has 0 aliphatic carbocycles. The van der Waals surface area contributed by atoms with Crippen LogP contribution in [0, 0.1) is 11.3 Å². The van der Waals surface area contributed by atoms with E-state index in [1.54, 1.807) is 11.0 Å². The van der Waals surface area contributed by atoms with Gasteiger partial charge in [0.15, 0.2) is 0 Å². The van der Waals surface area contributed by atoms with Crippen molar-refractivity contribution < 1.29 is 9.90 Å². The number of halogens is 1. The zero-order valence-corrected chi connectivity index (χ0v) is 12.1. The van der Waals surface area contributed by atoms with Gasteiger partial charge < -0.3 is 10.0 Å². The topological polar surface area (TPSA) is 77.2 Å². The van der Waals surface area contributed by atoms with E-state index >= 15 is 0 Å². The molecule has 0 saturated heterocycles. The van der Waals surface area contributed by atoms with Crippen molar-refractivity contribution >= 4 is 28.4 Å². The number of carbonyl (C=O) groups is 1. The van der Waals surface area contributed by atoms with Crippen molar-refractivity contribution in [3.8, 4) is 11.8 Å². The first-order valence-electron chi connectivity index (χ1n) is 6.51. The first-order valence-corrected chi connectivity index (χ1v) is 6.88. The molecule has 0 spiro atoms. The van der Waals surface area contributed by atoms with Gasteiger partial charge in [0.25, 0.3) is 0 Å². The van der Waals surface area contributed by atoms with E-state index in [9.17, 15) is 9.90 Å². The van der Waals surface area contributed by atoms with Crippen LogP contribution in [0.1, 0.15) is 23.7 Å². The smallest absolute Gasteiger partial charge is 0.219 e. The molecule has 1 aromatic heterocycles. The Bertz CT molecular complexity index is 811. The van der Waals surface area contributed by atoms with E-state index in [0.29, 0.717) is 41.0 Å². The molecule has 106 valence electrons. The quantitative estimate of drug-likeness (QED) is 0.810. The maximum absolute atomic E-state index is 11.5. The second kappa shape index (κ2) is 4.90. The number of rotatable bonds is 0. The van der Waals surface area contributed by atoms with Gasteiger partial charge in [0.05, 0.1) is 16.7 Å². The van der Waals surface area contributed by atoms with Crippen LogP contribution in [0.4, 0.5) is 0 Å². The molecule has 0 fully saturated rings. The summed E-state index contributed by atoms with van der Waals surface area (Å²) < 4.78 is 0. The normalized spacial score (nSPS) is 13.9. The van der Waals surface area contributed by atoms with Crippen molar-refractivity contribution in [2.24, 2.45) is 0 Å². The molecule has 0 unspecified atom stereocenters. The van der Waals surface area contributed by atoms with Gasteiger partial charge in [0.1, 0.15) is 11.3 Å². The third-order valence-electron chi connectivity index (χ3n) is 3.73. The summed E-state index contributed by atoms with van der Waals surface area (Å²) in [7, 11) is 0. The molecule has 0 atom stereocenters. The number of pyridine rings is 1. The molecule has 1 amide bonds. The predicted octanol–water partition coefficient (Wildman–Crippen LogP) is 2.37. The summed E-state index contributed by atoms with van der Waals surface area (Å²) in [6, 6.07) is 4.97. The number of aromatic hydroxyl groups is 1. The summed E-state index contributed by atoms with van der Waals surface area (Å²) in [6.07, 6.45) is 0.601. The highest BCUT2D eigenvalue weighted by molar-refractivity contribution is 6.36. The van der Waals surface area contributed by atoms with Crippen LogP contribution < -0.4 is 0 Å². The Morgan fingerprint density at radius 2 is 2.29 bits per heavy atom. The number of phenolic OH excluding ortho intramolecular Hbond substituents is 1. The molecule has 1 aromatic carbocycles. The average Bonchev–Trinajstić information content (AvgIpc) is 2.48. The van der Waals surface area contributed by atoms with Crippen LogP contribution in [-0.4, -0.2) is 27.4 Å². The van der Waals surface area contributed by atoms with E-state index in [4.69, 9.17) is 16.9 Å². The Morgan fingerprint density at radius 3 is 2.95 bits per heavy atom. The summed E-state index contributed by atoms with van der Waals surface area (Å²) in [5.74, 6) is -0.0619. The minimum Gasteiger partial charge on any atom is -0.506 e. The summed E-state index contributed by atoms with van der Waals surface area (Å²) in [5, 5.41) is 20.0. The number of nitriles is 1. The number of aromatic nitrogens is 1. The molecule has 1 aliphatic rings. The van der Waals surface area contributed by atoms with Crippen LogP contribution in [-0.2, 0) is 17.8 Å². The van der Waals surface area contributed by atoms with Gasteiger partial charge >= 0.3 is 0 Å². The fraction of sp³-hybridized carbons (Fsp3) is 0.267. The molecule has 5 nitrogen and oxygen atoms in total. The number of amides is 1. The maximum Gasteiger partial charge on any atom is 0.219 e. The Labute approximate surface area is 126 Å². The van der Waals surface area contributed by atoms with Crippen LogP contribution in [0.2, 0.25) is 5.02 Å². The molecule has 1 N–H and O–H groups in total. The average molecular weight is 302 g/mol. The highest BCUT2D eigenvalue weighted by atomic mass is 35.5. The highest BCUT2D eigenvalue weighted by Gasteiger charge is 2.24. The Hall–Kier alpha value is -2.32. The second-order valence-corrected chi connectivity index (χ2v) is 5.42. The van der Waals surface area contributed by atoms with Crippen LogP contribution in [0.25, 0.3) is 10.9 Å². The Kier molecular flexibility index (Phi) is 3.19. The van der Waals surface area contributed by atoms with E-state index in [1.165, 1.54) is 13.0 Å². The lowest BCUT2D eigenvalue weighted by molar-refractivity contribution is -0.129. The van der Waals surface area contributed by atoms with Gasteiger partial charge in [-0.1, -0.05) is 11.6 Å². The van der Waals surface area contributed by atoms with Gasteiger partial charge in [-0.3, -0.25) is 4.79 Å². The van der Waals surface area contributed by atoms with Crippen LogP contribution >= 0.6 is 11.6 Å². The van der Waals surface area contributed by atoms with Crippen LogP contribution in [0.5, 0.6) is 5.75 Å². The Balaban J connectivity index is 2.24. The second-order valence-electron chi connectivity index (χ2n) is 5.04. The van der Waals surface area contributed by atoms with Gasteiger partial charge in [0, 0.05) is 43.1 Å². The van der Waals surface area contributed by atoms with Crippen molar-refractivity contribution in [2.75, 3.05) is 6.54 Å². The molecule has 3 rings (SSSR count). The number of carbonyl (C=O) groups excluding carboxylic acids is 1. The van der Waals surface area contributed by atoms with Crippen molar-refractivity contribution in [1.82, 2.24) is 9.88 Å². The van der Waals surface area contributed by atoms with Crippen LogP contribution in [0.15, 0.2) is 12.1 Å². The molecular formula is C15H12ClN3O2. The Morgan fingerprint density at radius 1 is 1.52 bits per heavy atom. The number of benzene rings is 1. The maximum atomic E-state index is 11.5. The SMILES string of the molecule is CC(=O)N1CCc2nc3c(O)cc(C#N)cc3c(Cl)c2C1. The number of phenols is 1. The van der Waals surface area contributed by atoms with E-state index in [1.807, 2.05) is 6.07 Å². The molecular weight excluding hydrogens is 290 g/mol. The van der Waals surface area contributed by atoms with E-state index < -0.39 is 0 Å². The number of hydrogen-bond donors (Lipinski definition) is 1. The molecule has 0 saturated carbocycles. The standard InChI is InChI=1S/C15H12ClN3O2/c1-8(20)19-3-2-12-11(7-19)14(16)10-4-9(6-17)5-13(21)15(10)18-12/h4-5,21H,2-3,7H2,1H3. The zero-order valence-electron chi connectivity index (χ0n) is 11.4. The minimum absolute atomic E-state index is 0.00886. The van der Waals surface area contributed by atoms with Crippen molar-refractivity contribution in [3.05, 3.63) is 34.0 Å². The van der Waals surface area contributed by atoms with Crippen molar-refractivity contribution in [2.45, 2.75) is 19.9 Å². The molecule has 0 bridgehead atoms. The first kappa shape index (κ1) is 13.7. The predicted molar refractivity (Wildman–Crippen MR) is 77.9 cm³/mol. The fourth-order valence-corrected chi connectivity index (χ4v) is 2.92. The number of fused-ring (bicyclic) bond motifs is 2. The van der Waals surface area contributed by atoms with Gasteiger partial charge in [0.2, 0.25) is 5.91 Å². The molecule has 1 aliphatic heterocycles. The third-order valence-corrected chi connectivity index (χ3v) is 4.16. The molecule has 2 heterocycles. The van der Waals surface area contributed by atoms with Gasteiger partial charge in [-0.2, -0.15) is 5.26 Å². The van der Waals surface area contributed by atoms with Crippen LogP contribution in [0.3, 0.4) is 0 Å². The van der Waals surface area contributed by atoms with Gasteiger partial charge in [-0.25, -0.2) is 4.98 Å². The van der Waals surface area contributed by atoms with Crippen molar-refractivity contribution in [3.63, 3.8) is 0 Å². The molecule has 2 aromatic rings. The van der Waals surface area contributed by atoms with Crippen molar-refractivity contribution in [1.29, 1.82) is 5.26 Å². The summed E-state index contributed by atoms with van der Waals surface area (Å²) in [5.41, 5.74) is 2.31. The lowest BCUT2D eigenvalue weighted by Crippen LogP contribution is -2.34. The van der Waals surface area contributed by atoms with Gasteiger partial charge in [-0.15, -0.1) is 0 Å². The lowest BCUT2D eigenvalue weighted by atomic mass is 10.0. The first-order chi connectivity index (χ1) is 10.0. The van der Waals surface area contributed by atoms with E-state index in [0.717, 1.165) is 11.3 Å². The number of nitrogens with zero attached hydrogens (tertiary/aromatic N) is 3. The highest BCUT2D eigenvalue weighted by Crippen LogP contribution is 2.36. The largest absolute Gasteiger partial charge is 0.506 e. The summed E-state index contributed by atoms with van der Waals surface area (Å²) in [4.78, 5) is 17.7. The third kappa shape index (κ3) is 2.18. The lowest BCUT2D eigenvalue weighted by Gasteiger charge is -2.28. The van der Waals surface area contributed by atoms with Gasteiger partial charge in [-0.05, 0) is 12.1 Å². The molecule has 21 heavy (non-hydrogen) atoms. The fourth-order valence-electron chi connectivity index (χ4n) is 2.61. The minimum atomic E-state index is -0.0530. The van der Waals surface area contributed by atoms with E-state index in [-0.39, 0.29) is 11.7 Å². The summed E-state index contributed by atoms with van der Waals surface area (Å²) in [6.45, 7) is 2.52. The molecule has 0 radical (unpaired) electrons. The molecule has 6 heteroatoms. The van der Waals surface area contributed by atoms with E-state index in [2.05, 4.69) is 4.98 Å². The summed E-state index contributed by atoms with van der Waals surface area (Å²) >= 11 is 6.43. The number of hydrogen-bond acceptors (Lipinski definition) is 4. The zero-order chi connectivity index (χ0) is 15.1.